The maximum absolute atomic E-state index is 13.0. The zero-order valence-corrected chi connectivity index (χ0v) is 16.1. The molecule has 0 unspecified atom stereocenters. The number of non-ortho nitro benzene ring substituents is 3. The van der Waals surface area contributed by atoms with E-state index in [1.165, 1.54) is 12.1 Å². The molecule has 4 rings (SSSR count). The molecule has 0 aromatic heterocycles. The number of rotatable bonds is 5. The summed E-state index contributed by atoms with van der Waals surface area (Å²) < 4.78 is 0. The van der Waals surface area contributed by atoms with Crippen molar-refractivity contribution >= 4 is 45.6 Å². The quantitative estimate of drug-likeness (QED) is 0.344. The second kappa shape index (κ2) is 7.45. The number of hydrazine groups is 1. The highest BCUT2D eigenvalue weighted by Crippen LogP contribution is 2.40. The van der Waals surface area contributed by atoms with Crippen LogP contribution in [0.5, 0.6) is 0 Å². The lowest BCUT2D eigenvalue weighted by molar-refractivity contribution is -0.390. The summed E-state index contributed by atoms with van der Waals surface area (Å²) in [5.41, 5.74) is -0.452. The minimum Gasteiger partial charge on any atom is -0.267 e. The zero-order chi connectivity index (χ0) is 24.0. The summed E-state index contributed by atoms with van der Waals surface area (Å²) in [7, 11) is 0. The number of hydrogen-bond donors (Lipinski definition) is 1. The third-order valence-electron chi connectivity index (χ3n) is 4.91. The predicted octanol–water partition coefficient (Wildman–Crippen LogP) is 2.51. The highest BCUT2D eigenvalue weighted by Gasteiger charge is 2.38. The van der Waals surface area contributed by atoms with E-state index in [1.807, 2.05) is 0 Å². The standard InChI is InChI=1S/C19H9N5O9/c25-17(9-2-1-3-10(8-9)22(28)29)20-21-18(26)11-4-6-13(23(30)31)16-14(24(32)33)7-5-12(15(11)16)19(21)27/h1-8H,(H,20,25). The molecular formula is C19H9N5O9. The van der Waals surface area contributed by atoms with Crippen LogP contribution in [0.4, 0.5) is 17.1 Å². The molecule has 14 heteroatoms. The Kier molecular flexibility index (Phi) is 4.74. The van der Waals surface area contributed by atoms with E-state index in [1.54, 1.807) is 0 Å². The van der Waals surface area contributed by atoms with Crippen LogP contribution in [0.2, 0.25) is 0 Å². The van der Waals surface area contributed by atoms with Gasteiger partial charge in [0.2, 0.25) is 0 Å². The van der Waals surface area contributed by atoms with Gasteiger partial charge in [0.15, 0.2) is 0 Å². The molecule has 0 atom stereocenters. The fourth-order valence-corrected chi connectivity index (χ4v) is 3.48. The Labute approximate surface area is 181 Å². The van der Waals surface area contributed by atoms with Crippen LogP contribution in [-0.2, 0) is 0 Å². The normalized spacial score (nSPS) is 12.5. The number of carbonyl (C=O) groups is 3. The first-order valence-electron chi connectivity index (χ1n) is 8.94. The van der Waals surface area contributed by atoms with Crippen LogP contribution in [0.15, 0.2) is 48.5 Å². The number of nitrogens with one attached hydrogen (secondary N) is 1. The van der Waals surface area contributed by atoms with Gasteiger partial charge in [0.1, 0.15) is 5.39 Å². The van der Waals surface area contributed by atoms with Crippen molar-refractivity contribution in [1.82, 2.24) is 10.4 Å². The molecule has 3 amide bonds. The van der Waals surface area contributed by atoms with Gasteiger partial charge in [-0.1, -0.05) is 6.07 Å². The van der Waals surface area contributed by atoms with E-state index in [9.17, 15) is 44.7 Å². The summed E-state index contributed by atoms with van der Waals surface area (Å²) in [6.07, 6.45) is 0. The Balaban J connectivity index is 1.82. The molecule has 0 radical (unpaired) electrons. The van der Waals surface area contributed by atoms with Gasteiger partial charge in [0, 0.05) is 35.2 Å². The first-order chi connectivity index (χ1) is 15.6. The molecular weight excluding hydrogens is 442 g/mol. The van der Waals surface area contributed by atoms with Gasteiger partial charge in [0.05, 0.1) is 25.9 Å². The number of imide groups is 1. The summed E-state index contributed by atoms with van der Waals surface area (Å²) in [5.74, 6) is -3.19. The molecule has 0 saturated carbocycles. The fourth-order valence-electron chi connectivity index (χ4n) is 3.48. The lowest BCUT2D eigenvalue weighted by Gasteiger charge is -2.27. The van der Waals surface area contributed by atoms with Gasteiger partial charge in [-0.25, -0.2) is 0 Å². The molecule has 1 aliphatic rings. The van der Waals surface area contributed by atoms with E-state index in [0.29, 0.717) is 5.01 Å². The van der Waals surface area contributed by atoms with Crippen molar-refractivity contribution in [2.24, 2.45) is 0 Å². The lowest BCUT2D eigenvalue weighted by atomic mass is 9.92. The number of hydrogen-bond acceptors (Lipinski definition) is 9. The molecule has 1 aliphatic heterocycles. The van der Waals surface area contributed by atoms with E-state index >= 15 is 0 Å². The summed E-state index contributed by atoms with van der Waals surface area (Å²) >= 11 is 0. The van der Waals surface area contributed by atoms with Crippen molar-refractivity contribution in [1.29, 1.82) is 0 Å². The second-order valence-electron chi connectivity index (χ2n) is 6.72. The molecule has 3 aromatic rings. The molecule has 0 aliphatic carbocycles. The fraction of sp³-hybridized carbons (Fsp3) is 0. The van der Waals surface area contributed by atoms with Gasteiger partial charge < -0.3 is 0 Å². The smallest absolute Gasteiger partial charge is 0.267 e. The molecule has 164 valence electrons. The Hall–Kier alpha value is -5.27. The molecule has 0 saturated heterocycles. The van der Waals surface area contributed by atoms with Crippen LogP contribution in [0, 0.1) is 30.3 Å². The number of benzene rings is 3. The average Bonchev–Trinajstić information content (AvgIpc) is 2.79. The van der Waals surface area contributed by atoms with Crippen LogP contribution in [-0.4, -0.2) is 37.5 Å². The third kappa shape index (κ3) is 3.27. The van der Waals surface area contributed by atoms with Gasteiger partial charge in [0.25, 0.3) is 34.8 Å². The van der Waals surface area contributed by atoms with Gasteiger partial charge in [-0.2, -0.15) is 5.01 Å². The molecule has 14 nitrogen and oxygen atoms in total. The molecule has 1 heterocycles. The Morgan fingerprint density at radius 3 is 1.79 bits per heavy atom. The summed E-state index contributed by atoms with van der Waals surface area (Å²) in [6.45, 7) is 0. The minimum atomic E-state index is -1.09. The molecule has 0 spiro atoms. The first-order valence-corrected chi connectivity index (χ1v) is 8.94. The monoisotopic (exact) mass is 451 g/mol. The molecule has 33 heavy (non-hydrogen) atoms. The van der Waals surface area contributed by atoms with E-state index in [2.05, 4.69) is 5.43 Å². The predicted molar refractivity (Wildman–Crippen MR) is 108 cm³/mol. The molecule has 1 N–H and O–H groups in total. The van der Waals surface area contributed by atoms with Crippen LogP contribution in [0.1, 0.15) is 31.1 Å². The third-order valence-corrected chi connectivity index (χ3v) is 4.91. The van der Waals surface area contributed by atoms with Crippen molar-refractivity contribution in [3.8, 4) is 0 Å². The SMILES string of the molecule is O=C(NN1C(=O)c2ccc([N+](=O)[O-])c3c([N+](=O)[O-])ccc(c23)C1=O)c1cccc([N+](=O)[O-])c1. The Bertz CT molecular complexity index is 1380. The number of amides is 3. The van der Waals surface area contributed by atoms with E-state index in [4.69, 9.17) is 0 Å². The lowest BCUT2D eigenvalue weighted by Crippen LogP contribution is -2.51. The highest BCUT2D eigenvalue weighted by atomic mass is 16.6. The van der Waals surface area contributed by atoms with E-state index in [0.717, 1.165) is 36.4 Å². The van der Waals surface area contributed by atoms with Crippen molar-refractivity contribution in [3.05, 3.63) is 95.6 Å². The maximum Gasteiger partial charge on any atom is 0.284 e. The van der Waals surface area contributed by atoms with Gasteiger partial charge in [-0.05, 0) is 18.2 Å². The van der Waals surface area contributed by atoms with Crippen LogP contribution in [0.3, 0.4) is 0 Å². The summed E-state index contributed by atoms with van der Waals surface area (Å²) in [5, 5.41) is 33.3. The van der Waals surface area contributed by atoms with Gasteiger partial charge >= 0.3 is 0 Å². The molecule has 0 fully saturated rings. The number of nitro groups is 3. The maximum atomic E-state index is 13.0. The van der Waals surface area contributed by atoms with Crippen LogP contribution < -0.4 is 5.43 Å². The Morgan fingerprint density at radius 2 is 1.30 bits per heavy atom. The van der Waals surface area contributed by atoms with Crippen LogP contribution in [0.25, 0.3) is 10.8 Å². The van der Waals surface area contributed by atoms with Gasteiger partial charge in [-0.15, -0.1) is 0 Å². The molecule has 3 aromatic carbocycles. The number of nitro benzene ring substituents is 3. The van der Waals surface area contributed by atoms with Crippen molar-refractivity contribution in [3.63, 3.8) is 0 Å². The van der Waals surface area contributed by atoms with Crippen molar-refractivity contribution in [2.75, 3.05) is 0 Å². The van der Waals surface area contributed by atoms with Crippen molar-refractivity contribution in [2.45, 2.75) is 0 Å². The number of nitrogens with zero attached hydrogens (tertiary/aromatic N) is 4. The summed E-state index contributed by atoms with van der Waals surface area (Å²) in [6, 6.07) is 8.37. The summed E-state index contributed by atoms with van der Waals surface area (Å²) in [4.78, 5) is 69.8. The van der Waals surface area contributed by atoms with Crippen molar-refractivity contribution < 1.29 is 29.2 Å². The highest BCUT2D eigenvalue weighted by molar-refractivity contribution is 6.28. The topological polar surface area (TPSA) is 196 Å². The second-order valence-corrected chi connectivity index (χ2v) is 6.72. The van der Waals surface area contributed by atoms with Gasteiger partial charge in [-0.3, -0.25) is 50.2 Å². The largest absolute Gasteiger partial charge is 0.284 e. The van der Waals surface area contributed by atoms with Crippen LogP contribution >= 0.6 is 0 Å². The molecule has 0 bridgehead atoms. The number of carbonyl (C=O) groups excluding carboxylic acids is 3. The first kappa shape index (κ1) is 21.0. The Morgan fingerprint density at radius 1 is 0.758 bits per heavy atom. The van der Waals surface area contributed by atoms with E-state index < -0.39 is 54.9 Å². The minimum absolute atomic E-state index is 0.215. The average molecular weight is 451 g/mol. The zero-order valence-electron chi connectivity index (χ0n) is 16.1. The van der Waals surface area contributed by atoms with E-state index in [-0.39, 0.29) is 22.1 Å².